The second-order valence-corrected chi connectivity index (χ2v) is 5.57. The van der Waals surface area contributed by atoms with E-state index < -0.39 is 17.2 Å². The molecule has 0 unspecified atom stereocenters. The topological polar surface area (TPSA) is 88.1 Å². The van der Waals surface area contributed by atoms with Gasteiger partial charge in [0.05, 0.1) is 12.9 Å². The summed E-state index contributed by atoms with van der Waals surface area (Å²) in [6, 6.07) is 9.59. The second-order valence-electron chi connectivity index (χ2n) is 5.57. The van der Waals surface area contributed by atoms with Crippen LogP contribution in [0, 0.1) is 0 Å². The third-order valence-corrected chi connectivity index (χ3v) is 3.89. The molecule has 0 spiro atoms. The molecule has 25 heavy (non-hydrogen) atoms. The van der Waals surface area contributed by atoms with Gasteiger partial charge >= 0.3 is 11.7 Å². The number of hydrogen-bond acceptors (Lipinski definition) is 5. The zero-order valence-electron chi connectivity index (χ0n) is 14.0. The van der Waals surface area contributed by atoms with E-state index in [-0.39, 0.29) is 24.3 Å². The van der Waals surface area contributed by atoms with Gasteiger partial charge in [0.15, 0.2) is 11.2 Å². The number of carbonyl (C=O) groups is 1. The molecule has 0 aliphatic rings. The van der Waals surface area contributed by atoms with Crippen LogP contribution in [0.4, 0.5) is 0 Å². The molecule has 0 fully saturated rings. The first-order valence-electron chi connectivity index (χ1n) is 7.87. The van der Waals surface area contributed by atoms with Gasteiger partial charge in [0, 0.05) is 13.6 Å². The van der Waals surface area contributed by atoms with Crippen LogP contribution in [0.3, 0.4) is 0 Å². The largest absolute Gasteiger partial charge is 0.465 e. The van der Waals surface area contributed by atoms with Crippen molar-refractivity contribution >= 4 is 17.1 Å². The second kappa shape index (κ2) is 6.76. The maximum Gasteiger partial charge on any atom is 0.333 e. The van der Waals surface area contributed by atoms with Crippen molar-refractivity contribution < 1.29 is 9.53 Å². The molecule has 0 amide bonds. The first-order valence-corrected chi connectivity index (χ1v) is 7.87. The number of esters is 1. The number of rotatable bonds is 5. The molecule has 130 valence electrons. The van der Waals surface area contributed by atoms with Gasteiger partial charge in [0.2, 0.25) is 0 Å². The average Bonchev–Trinajstić information content (AvgIpc) is 3.01. The van der Waals surface area contributed by atoms with E-state index in [1.807, 2.05) is 30.3 Å². The fourth-order valence-corrected chi connectivity index (χ4v) is 2.68. The Morgan fingerprint density at radius 1 is 1.20 bits per heavy atom. The van der Waals surface area contributed by atoms with Crippen LogP contribution in [0.25, 0.3) is 11.2 Å². The van der Waals surface area contributed by atoms with Crippen molar-refractivity contribution in [3.63, 3.8) is 0 Å². The van der Waals surface area contributed by atoms with Crippen molar-refractivity contribution in [2.75, 3.05) is 6.61 Å². The smallest absolute Gasteiger partial charge is 0.333 e. The van der Waals surface area contributed by atoms with E-state index in [9.17, 15) is 14.4 Å². The summed E-state index contributed by atoms with van der Waals surface area (Å²) >= 11 is 0. The third-order valence-electron chi connectivity index (χ3n) is 3.89. The molecule has 8 nitrogen and oxygen atoms in total. The fourth-order valence-electron chi connectivity index (χ4n) is 2.68. The number of carbonyl (C=O) groups excluding carboxylic acids is 1. The zero-order valence-corrected chi connectivity index (χ0v) is 14.0. The molecule has 2 aromatic heterocycles. The number of aromatic nitrogens is 4. The van der Waals surface area contributed by atoms with Crippen LogP contribution < -0.4 is 11.2 Å². The molecule has 0 atom stereocenters. The molecule has 0 saturated heterocycles. The predicted molar refractivity (Wildman–Crippen MR) is 91.4 cm³/mol. The van der Waals surface area contributed by atoms with E-state index in [0.717, 1.165) is 14.7 Å². The van der Waals surface area contributed by atoms with Crippen LogP contribution >= 0.6 is 0 Å². The van der Waals surface area contributed by atoms with E-state index in [1.54, 1.807) is 11.5 Å². The molecule has 8 heteroatoms. The van der Waals surface area contributed by atoms with Crippen LogP contribution in [0.15, 0.2) is 46.2 Å². The van der Waals surface area contributed by atoms with Crippen molar-refractivity contribution in [3.8, 4) is 0 Å². The summed E-state index contributed by atoms with van der Waals surface area (Å²) in [5.74, 6) is -0.554. The summed E-state index contributed by atoms with van der Waals surface area (Å²) in [4.78, 5) is 40.9. The SMILES string of the molecule is CCOC(=O)Cn1c(=O)n(C)c(=O)c2c1ncn2Cc1ccccc1. The normalized spacial score (nSPS) is 11.0. The highest BCUT2D eigenvalue weighted by atomic mass is 16.5. The van der Waals surface area contributed by atoms with E-state index in [1.165, 1.54) is 13.4 Å². The molecule has 3 aromatic rings. The summed E-state index contributed by atoms with van der Waals surface area (Å²) in [7, 11) is 1.38. The lowest BCUT2D eigenvalue weighted by Gasteiger charge is -2.10. The summed E-state index contributed by atoms with van der Waals surface area (Å²) < 4.78 is 8.72. The minimum Gasteiger partial charge on any atom is -0.465 e. The molecule has 0 bridgehead atoms. The minimum absolute atomic E-state index is 0.178. The number of benzene rings is 1. The van der Waals surface area contributed by atoms with Crippen LogP contribution in [0.5, 0.6) is 0 Å². The van der Waals surface area contributed by atoms with E-state index >= 15 is 0 Å². The molecule has 2 heterocycles. The average molecular weight is 342 g/mol. The molecule has 0 aliphatic carbocycles. The summed E-state index contributed by atoms with van der Waals surface area (Å²) in [5, 5.41) is 0. The van der Waals surface area contributed by atoms with E-state index in [4.69, 9.17) is 4.74 Å². The van der Waals surface area contributed by atoms with Crippen LogP contribution in [0.2, 0.25) is 0 Å². The van der Waals surface area contributed by atoms with Gasteiger partial charge in [-0.2, -0.15) is 0 Å². The Hall–Kier alpha value is -3.16. The maximum atomic E-state index is 12.6. The number of ether oxygens (including phenoxy) is 1. The lowest BCUT2D eigenvalue weighted by atomic mass is 10.2. The van der Waals surface area contributed by atoms with Gasteiger partial charge in [-0.1, -0.05) is 30.3 Å². The minimum atomic E-state index is -0.601. The van der Waals surface area contributed by atoms with Gasteiger partial charge in [0.25, 0.3) is 5.56 Å². The zero-order chi connectivity index (χ0) is 18.0. The maximum absolute atomic E-state index is 12.6. The van der Waals surface area contributed by atoms with Gasteiger partial charge in [-0.05, 0) is 12.5 Å². The van der Waals surface area contributed by atoms with Crippen LogP contribution in [-0.2, 0) is 29.7 Å². The number of fused-ring (bicyclic) bond motifs is 1. The fraction of sp³-hybridized carbons (Fsp3) is 0.294. The predicted octanol–water partition coefficient (Wildman–Crippen LogP) is 0.508. The van der Waals surface area contributed by atoms with E-state index in [2.05, 4.69) is 4.98 Å². The quantitative estimate of drug-likeness (QED) is 0.630. The van der Waals surface area contributed by atoms with E-state index in [0.29, 0.717) is 6.54 Å². The monoisotopic (exact) mass is 342 g/mol. The van der Waals surface area contributed by atoms with Crippen molar-refractivity contribution in [1.29, 1.82) is 0 Å². The Balaban J connectivity index is 2.14. The Kier molecular flexibility index (Phi) is 4.51. The molecule has 0 saturated carbocycles. The van der Waals surface area contributed by atoms with Crippen LogP contribution in [-0.4, -0.2) is 31.3 Å². The standard InChI is InChI=1S/C17H18N4O4/c1-3-25-13(22)10-21-15-14(16(23)19(2)17(21)24)20(11-18-15)9-12-7-5-4-6-8-12/h4-8,11H,3,9-10H2,1-2H3. The summed E-state index contributed by atoms with van der Waals surface area (Å²) in [6.45, 7) is 2.04. The number of nitrogens with zero attached hydrogens (tertiary/aromatic N) is 4. The lowest BCUT2D eigenvalue weighted by molar-refractivity contribution is -0.143. The van der Waals surface area contributed by atoms with Gasteiger partial charge in [-0.3, -0.25) is 18.7 Å². The van der Waals surface area contributed by atoms with Gasteiger partial charge in [-0.25, -0.2) is 9.78 Å². The van der Waals surface area contributed by atoms with Crippen molar-refractivity contribution in [3.05, 3.63) is 63.1 Å². The molecule has 0 radical (unpaired) electrons. The van der Waals surface area contributed by atoms with Crippen molar-refractivity contribution in [1.82, 2.24) is 18.7 Å². The first kappa shape index (κ1) is 16.7. The van der Waals surface area contributed by atoms with Crippen molar-refractivity contribution in [2.24, 2.45) is 7.05 Å². The van der Waals surface area contributed by atoms with Gasteiger partial charge < -0.3 is 9.30 Å². The third kappa shape index (κ3) is 3.10. The van der Waals surface area contributed by atoms with Crippen LogP contribution in [0.1, 0.15) is 12.5 Å². The summed E-state index contributed by atoms with van der Waals surface area (Å²) in [5.41, 5.74) is 0.392. The molecule has 3 rings (SSSR count). The first-order chi connectivity index (χ1) is 12.0. The Bertz CT molecular complexity index is 1030. The van der Waals surface area contributed by atoms with Gasteiger partial charge in [0.1, 0.15) is 6.54 Å². The molecular formula is C17H18N4O4. The Morgan fingerprint density at radius 2 is 1.92 bits per heavy atom. The lowest BCUT2D eigenvalue weighted by Crippen LogP contribution is -2.40. The van der Waals surface area contributed by atoms with Crippen molar-refractivity contribution in [2.45, 2.75) is 20.0 Å². The molecule has 0 aliphatic heterocycles. The molecule has 1 aromatic carbocycles. The molecule has 0 N–H and O–H groups in total. The highest BCUT2D eigenvalue weighted by molar-refractivity contribution is 5.74. The number of hydrogen-bond donors (Lipinski definition) is 0. The molecular weight excluding hydrogens is 324 g/mol. The Morgan fingerprint density at radius 3 is 2.60 bits per heavy atom. The highest BCUT2D eigenvalue weighted by Crippen LogP contribution is 2.10. The summed E-state index contributed by atoms with van der Waals surface area (Å²) in [6.07, 6.45) is 1.50. The Labute approximate surface area is 142 Å². The highest BCUT2D eigenvalue weighted by Gasteiger charge is 2.18. The van der Waals surface area contributed by atoms with Gasteiger partial charge in [-0.15, -0.1) is 0 Å². The number of imidazole rings is 1.